The second-order valence-corrected chi connectivity index (χ2v) is 23.8. The maximum atomic E-state index is 13.6. The van der Waals surface area contributed by atoms with Crippen LogP contribution < -0.4 is 36.7 Å². The Hall–Kier alpha value is -6.52. The molecule has 80 heavy (non-hydrogen) atoms. The highest BCUT2D eigenvalue weighted by Gasteiger charge is 2.60. The first kappa shape index (κ1) is 58.1. The lowest BCUT2D eigenvalue weighted by molar-refractivity contribution is -0.156. The van der Waals surface area contributed by atoms with E-state index in [9.17, 15) is 28.8 Å². The lowest BCUT2D eigenvalue weighted by atomic mass is 9.44. The zero-order chi connectivity index (χ0) is 56.6. The number of carbonyl (C=O) groups is 4. The first-order chi connectivity index (χ1) is 38.6. The number of fused-ring (bicyclic) bond motifs is 5. The van der Waals surface area contributed by atoms with Gasteiger partial charge in [-0.2, -0.15) is 0 Å². The Morgan fingerprint density at radius 1 is 0.775 bits per heavy atom. The van der Waals surface area contributed by atoms with Gasteiger partial charge in [-0.05, 0) is 151 Å². The topological polar surface area (TPSA) is 205 Å². The number of amides is 3. The Morgan fingerprint density at radius 3 is 2.14 bits per heavy atom. The van der Waals surface area contributed by atoms with Crippen LogP contribution in [0.5, 0.6) is 11.5 Å². The number of aromatic amines is 1. The largest absolute Gasteiger partial charge is 0.497 e. The summed E-state index contributed by atoms with van der Waals surface area (Å²) in [5.41, 5.74) is 0.373. The van der Waals surface area contributed by atoms with E-state index in [4.69, 9.17) is 23.7 Å². The van der Waals surface area contributed by atoms with Crippen molar-refractivity contribution in [2.24, 2.45) is 46.3 Å². The Labute approximate surface area is 470 Å². The van der Waals surface area contributed by atoms with Gasteiger partial charge in [0.2, 0.25) is 17.7 Å². The van der Waals surface area contributed by atoms with Crippen molar-refractivity contribution >= 4 is 29.8 Å². The van der Waals surface area contributed by atoms with Gasteiger partial charge in [0.1, 0.15) is 35.5 Å². The number of ether oxygens (including phenoxy) is 5. The van der Waals surface area contributed by atoms with Crippen molar-refractivity contribution in [3.8, 4) is 11.5 Å². The molecule has 2 heterocycles. The van der Waals surface area contributed by atoms with E-state index < -0.39 is 47.2 Å². The molecule has 0 spiro atoms. The molecule has 1 aliphatic heterocycles. The van der Waals surface area contributed by atoms with E-state index >= 15 is 0 Å². The number of H-pyrrole nitrogens is 1. The highest BCUT2D eigenvalue weighted by Crippen LogP contribution is 2.68. The first-order valence-electron chi connectivity index (χ1n) is 29.2. The smallest absolute Gasteiger partial charge is 0.330 e. The van der Waals surface area contributed by atoms with Crippen molar-refractivity contribution in [1.82, 2.24) is 25.5 Å². The zero-order valence-electron chi connectivity index (χ0n) is 47.6. The minimum absolute atomic E-state index is 0.00642. The third-order valence-electron chi connectivity index (χ3n) is 19.6. The molecule has 3 amide bonds. The fourth-order valence-corrected chi connectivity index (χ4v) is 15.4. The summed E-state index contributed by atoms with van der Waals surface area (Å²) in [7, 11) is 4.66. The average molecular weight is 1100 g/mol. The molecule has 9 rings (SSSR count). The summed E-state index contributed by atoms with van der Waals surface area (Å²) in [5.74, 6) is 4.32. The van der Waals surface area contributed by atoms with E-state index in [0.29, 0.717) is 40.6 Å². The molecule has 4 saturated carbocycles. The predicted octanol–water partition coefficient (Wildman–Crippen LogP) is 9.00. The van der Waals surface area contributed by atoms with E-state index in [1.165, 1.54) is 94.2 Å². The van der Waals surface area contributed by atoms with Gasteiger partial charge in [0.25, 0.3) is 5.56 Å². The summed E-state index contributed by atoms with van der Waals surface area (Å²) < 4.78 is 31.9. The van der Waals surface area contributed by atoms with Crippen LogP contribution in [0.1, 0.15) is 146 Å². The van der Waals surface area contributed by atoms with E-state index in [1.54, 1.807) is 14.2 Å². The van der Waals surface area contributed by atoms with Crippen LogP contribution in [0, 0.1) is 46.3 Å². The Balaban J connectivity index is 0.825. The van der Waals surface area contributed by atoms with Crippen LogP contribution >= 0.6 is 0 Å². The van der Waals surface area contributed by atoms with Crippen LogP contribution in [0.25, 0.3) is 6.08 Å². The molecule has 0 bridgehead atoms. The van der Waals surface area contributed by atoms with Crippen LogP contribution in [-0.2, 0) is 39.0 Å². The summed E-state index contributed by atoms with van der Waals surface area (Å²) in [6.07, 6.45) is 15.5. The third-order valence-corrected chi connectivity index (χ3v) is 19.6. The van der Waals surface area contributed by atoms with E-state index in [-0.39, 0.29) is 56.3 Å². The number of esters is 1. The number of rotatable bonds is 22. The van der Waals surface area contributed by atoms with Gasteiger partial charge in [0.05, 0.1) is 32.8 Å². The van der Waals surface area contributed by atoms with Crippen LogP contribution in [-0.4, -0.2) is 86.4 Å². The predicted molar refractivity (Wildman–Crippen MR) is 305 cm³/mol. The summed E-state index contributed by atoms with van der Waals surface area (Å²) in [5, 5.41) is 8.26. The van der Waals surface area contributed by atoms with Gasteiger partial charge < -0.3 is 39.6 Å². The van der Waals surface area contributed by atoms with Gasteiger partial charge in [0, 0.05) is 51.7 Å². The molecule has 5 fully saturated rings. The van der Waals surface area contributed by atoms with Gasteiger partial charge in [0.15, 0.2) is 0 Å². The monoisotopic (exact) mass is 1100 g/mol. The molecule has 4 N–H and O–H groups in total. The zero-order valence-corrected chi connectivity index (χ0v) is 47.6. The van der Waals surface area contributed by atoms with Gasteiger partial charge in [-0.25, -0.2) is 4.79 Å². The molecule has 16 heteroatoms. The molecule has 4 aliphatic carbocycles. The highest BCUT2D eigenvalue weighted by atomic mass is 16.6. The maximum absolute atomic E-state index is 13.6. The molecule has 5 aliphatic rings. The molecular weight excluding hydrogens is 1010 g/mol. The Bertz CT molecular complexity index is 2890. The number of aromatic nitrogens is 2. The lowest BCUT2D eigenvalue weighted by Crippen LogP contribution is -2.53. The minimum atomic E-state index is -1.27. The number of hydrogen-bond donors (Lipinski definition) is 4. The molecule has 1 aromatic heterocycles. The molecule has 0 radical (unpaired) electrons. The molecule has 16 nitrogen and oxygen atoms in total. The van der Waals surface area contributed by atoms with E-state index in [2.05, 4.69) is 41.7 Å². The van der Waals surface area contributed by atoms with Gasteiger partial charge >= 0.3 is 11.7 Å². The second kappa shape index (κ2) is 25.5. The number of benzene rings is 3. The normalized spacial score (nSPS) is 27.5. The van der Waals surface area contributed by atoms with Crippen molar-refractivity contribution in [2.45, 2.75) is 141 Å². The molecule has 11 atom stereocenters. The quantitative estimate of drug-likeness (QED) is 0.0253. The van der Waals surface area contributed by atoms with Crippen molar-refractivity contribution < 1.29 is 42.9 Å². The van der Waals surface area contributed by atoms with Gasteiger partial charge in [-0.15, -0.1) is 0 Å². The summed E-state index contributed by atoms with van der Waals surface area (Å²) in [4.78, 5) is 80.8. The van der Waals surface area contributed by atoms with Crippen LogP contribution in [0.15, 0.2) is 101 Å². The van der Waals surface area contributed by atoms with Crippen LogP contribution in [0.2, 0.25) is 0 Å². The minimum Gasteiger partial charge on any atom is -0.497 e. The van der Waals surface area contributed by atoms with Gasteiger partial charge in [-0.1, -0.05) is 88.2 Å². The fourth-order valence-electron chi connectivity index (χ4n) is 15.4. The van der Waals surface area contributed by atoms with Crippen LogP contribution in [0.3, 0.4) is 0 Å². The van der Waals surface area contributed by atoms with Crippen LogP contribution in [0.4, 0.5) is 0 Å². The number of nitrogens with zero attached hydrogens (tertiary/aromatic N) is 1. The Morgan fingerprint density at radius 2 is 1.45 bits per heavy atom. The molecule has 3 aromatic carbocycles. The number of hydrogen-bond acceptors (Lipinski definition) is 11. The third kappa shape index (κ3) is 12.4. The van der Waals surface area contributed by atoms with Crippen molar-refractivity contribution in [3.05, 3.63) is 134 Å². The average Bonchev–Trinajstić information content (AvgIpc) is 4.24. The first-order valence-corrected chi connectivity index (χ1v) is 29.2. The fraction of sp³-hybridized carbons (Fsp3) is 0.562. The molecular formula is C64H83N5O11. The van der Waals surface area contributed by atoms with Crippen molar-refractivity contribution in [2.75, 3.05) is 41.0 Å². The van der Waals surface area contributed by atoms with E-state index in [1.807, 2.05) is 78.9 Å². The SMILES string of the molecule is CNC(=O)CCC(=O)OC1C[C@H](n2cc(C=CC(=O)NCCNC(=O)CC[C@@H](C)[C@H]3CC[C@H]4[C@@H]5CC[C@@H]6CCCC[C@]6(C)[C@H]5CC[C@]34C)c(=O)[nH]c2=O)O[C@@H]1COC(c1ccccc1)(c1ccc(OC)cc1)c1ccc(OC)cc1. The summed E-state index contributed by atoms with van der Waals surface area (Å²) in [6.45, 7) is 7.84. The second-order valence-electron chi connectivity index (χ2n) is 23.8. The highest BCUT2D eigenvalue weighted by molar-refractivity contribution is 5.91. The lowest BCUT2D eigenvalue weighted by Gasteiger charge is -2.61. The Kier molecular flexibility index (Phi) is 18.5. The summed E-state index contributed by atoms with van der Waals surface area (Å²) in [6, 6.07) is 24.6. The van der Waals surface area contributed by atoms with Crippen molar-refractivity contribution in [1.29, 1.82) is 0 Å². The molecule has 1 unspecified atom stereocenters. The standard InChI is InChI=1S/C64H83N5O11/c1-41(50-27-28-51-49-26-21-43-12-10-11-34-62(43,2)52(49)33-35-63(50,51)3)15-29-56(71)66-36-37-67-57(72)30-16-42-39-69(61(75)68-60(42)74)58-38-53(80-59(73)32-31-55(70)65-4)54(79-58)40-78-64(44-13-8-7-9-14-44,45-17-22-47(76-5)23-18-45)46-19-24-48(77-6)25-20-46/h7-9,13-14,16-20,22-25,30,39,41,43,49-54,58H,10-12,15,21,26-29,31-38,40H2,1-6H3,(H,65,70)(H,66,71)(H,67,72)(H,68,74,75)/t41-,43+,49+,50-,51+,52+,53?,54-,58-,62+,63-/m1/s1. The van der Waals surface area contributed by atoms with E-state index in [0.717, 1.165) is 46.8 Å². The molecule has 1 saturated heterocycles. The number of nitrogens with one attached hydrogen (secondary N) is 4. The maximum Gasteiger partial charge on any atom is 0.330 e. The molecule has 430 valence electrons. The summed E-state index contributed by atoms with van der Waals surface area (Å²) >= 11 is 0. The number of methoxy groups -OCH3 is 2. The van der Waals surface area contributed by atoms with Gasteiger partial charge in [-0.3, -0.25) is 33.5 Å². The molecule has 4 aromatic rings. The number of carbonyl (C=O) groups excluding carboxylic acids is 4. The van der Waals surface area contributed by atoms with Crippen molar-refractivity contribution in [3.63, 3.8) is 0 Å².